The van der Waals surface area contributed by atoms with Gasteiger partial charge < -0.3 is 10.2 Å². The molecule has 0 radical (unpaired) electrons. The maximum absolute atomic E-state index is 9.40. The average molecular weight is 259 g/mol. The molecule has 0 aliphatic carbocycles. The molecular weight excluding hydrogens is 238 g/mol. The maximum Gasteiger partial charge on any atom is 0.145 e. The second kappa shape index (κ2) is 3.97. The normalized spacial score (nSPS) is 28.5. The van der Waals surface area contributed by atoms with E-state index in [1.807, 2.05) is 18.7 Å². The quantitative estimate of drug-likeness (QED) is 0.818. The van der Waals surface area contributed by atoms with Gasteiger partial charge in [0, 0.05) is 32.2 Å². The van der Waals surface area contributed by atoms with Crippen molar-refractivity contribution in [2.45, 2.75) is 26.3 Å². The van der Waals surface area contributed by atoms with Gasteiger partial charge in [0.15, 0.2) is 0 Å². The predicted octanol–water partition coefficient (Wildman–Crippen LogP) is 1.03. The lowest BCUT2D eigenvalue weighted by molar-refractivity contribution is 0.354. The van der Waals surface area contributed by atoms with E-state index in [9.17, 15) is 5.26 Å². The molecule has 3 rings (SSSR count). The molecule has 2 aliphatic rings. The zero-order valence-corrected chi connectivity index (χ0v) is 12.1. The molecule has 2 atom stereocenters. The summed E-state index contributed by atoms with van der Waals surface area (Å²) in [5.74, 6) is 2.31. The second-order valence-corrected chi connectivity index (χ2v) is 6.31. The highest BCUT2D eigenvalue weighted by Crippen LogP contribution is 2.44. The molecule has 5 nitrogen and oxygen atoms in total. The molecule has 2 fully saturated rings. The van der Waals surface area contributed by atoms with E-state index >= 15 is 0 Å². The number of aryl methyl sites for hydroxylation is 2. The SMILES string of the molecule is Cc1nn(C)c(N2CC3CNCC3C2(C)C)c1C#N. The highest BCUT2D eigenvalue weighted by atomic mass is 15.4. The van der Waals surface area contributed by atoms with Crippen LogP contribution in [0, 0.1) is 30.1 Å². The fraction of sp³-hybridized carbons (Fsp3) is 0.714. The van der Waals surface area contributed by atoms with E-state index in [2.05, 4.69) is 35.2 Å². The Kier molecular flexibility index (Phi) is 2.61. The van der Waals surface area contributed by atoms with Gasteiger partial charge in [-0.1, -0.05) is 0 Å². The van der Waals surface area contributed by atoms with Gasteiger partial charge in [0.1, 0.15) is 17.5 Å². The molecule has 0 spiro atoms. The molecule has 2 saturated heterocycles. The third-order valence-electron chi connectivity index (χ3n) is 4.92. The van der Waals surface area contributed by atoms with Crippen LogP contribution < -0.4 is 10.2 Å². The third-order valence-corrected chi connectivity index (χ3v) is 4.92. The average Bonchev–Trinajstić information content (AvgIpc) is 2.95. The van der Waals surface area contributed by atoms with Crippen LogP contribution in [0.25, 0.3) is 0 Å². The van der Waals surface area contributed by atoms with Crippen LogP contribution in [0.15, 0.2) is 0 Å². The molecule has 19 heavy (non-hydrogen) atoms. The van der Waals surface area contributed by atoms with Crippen molar-refractivity contribution >= 4 is 5.82 Å². The minimum Gasteiger partial charge on any atom is -0.350 e. The van der Waals surface area contributed by atoms with Gasteiger partial charge >= 0.3 is 0 Å². The number of anilines is 1. The lowest BCUT2D eigenvalue weighted by atomic mass is 9.85. The van der Waals surface area contributed by atoms with Crippen LogP contribution >= 0.6 is 0 Å². The van der Waals surface area contributed by atoms with Gasteiger partial charge in [-0.05, 0) is 32.6 Å². The lowest BCUT2D eigenvalue weighted by Gasteiger charge is -2.37. The Balaban J connectivity index is 2.07. The van der Waals surface area contributed by atoms with Crippen LogP contribution in [0.1, 0.15) is 25.1 Å². The van der Waals surface area contributed by atoms with Crippen LogP contribution in [0.5, 0.6) is 0 Å². The Hall–Kier alpha value is -1.54. The summed E-state index contributed by atoms with van der Waals surface area (Å²) in [6.07, 6.45) is 0. The molecule has 0 aromatic carbocycles. The van der Waals surface area contributed by atoms with E-state index in [-0.39, 0.29) is 5.54 Å². The second-order valence-electron chi connectivity index (χ2n) is 6.31. The van der Waals surface area contributed by atoms with Crippen LogP contribution in [-0.2, 0) is 7.05 Å². The number of nitrogens with zero attached hydrogens (tertiary/aromatic N) is 4. The lowest BCUT2D eigenvalue weighted by Crippen LogP contribution is -2.45. The van der Waals surface area contributed by atoms with Gasteiger partial charge in [0.25, 0.3) is 0 Å². The number of hydrogen-bond donors (Lipinski definition) is 1. The summed E-state index contributed by atoms with van der Waals surface area (Å²) in [6.45, 7) is 9.66. The van der Waals surface area contributed by atoms with Crippen molar-refractivity contribution < 1.29 is 0 Å². The standard InChI is InChI=1S/C14H21N5/c1-9-11(5-15)13(18(4)17-9)19-8-10-6-16-7-12(10)14(19,2)3/h10,12,16H,6-8H2,1-4H3. The minimum atomic E-state index is 0.0694. The van der Waals surface area contributed by atoms with Gasteiger partial charge in [-0.15, -0.1) is 0 Å². The first kappa shape index (κ1) is 12.5. The summed E-state index contributed by atoms with van der Waals surface area (Å²) in [5, 5.41) is 17.3. The first-order chi connectivity index (χ1) is 8.96. The first-order valence-corrected chi connectivity index (χ1v) is 6.89. The van der Waals surface area contributed by atoms with Gasteiger partial charge in [-0.2, -0.15) is 10.4 Å². The fourth-order valence-corrected chi connectivity index (χ4v) is 3.87. The largest absolute Gasteiger partial charge is 0.350 e. The first-order valence-electron chi connectivity index (χ1n) is 6.89. The molecule has 3 heterocycles. The monoisotopic (exact) mass is 259 g/mol. The zero-order chi connectivity index (χ0) is 13.8. The minimum absolute atomic E-state index is 0.0694. The Labute approximate surface area is 114 Å². The number of rotatable bonds is 1. The summed E-state index contributed by atoms with van der Waals surface area (Å²) in [7, 11) is 1.94. The van der Waals surface area contributed by atoms with Gasteiger partial charge in [-0.25, -0.2) is 0 Å². The Morgan fingerprint density at radius 3 is 2.79 bits per heavy atom. The maximum atomic E-state index is 9.40. The molecule has 0 amide bonds. The van der Waals surface area contributed by atoms with Crippen molar-refractivity contribution in [3.8, 4) is 6.07 Å². The summed E-state index contributed by atoms with van der Waals surface area (Å²) >= 11 is 0. The number of hydrogen-bond acceptors (Lipinski definition) is 4. The summed E-state index contributed by atoms with van der Waals surface area (Å²) in [5.41, 5.74) is 1.62. The van der Waals surface area contributed by atoms with Crippen LogP contribution in [0.3, 0.4) is 0 Å². The molecule has 1 aromatic rings. The third kappa shape index (κ3) is 1.59. The van der Waals surface area contributed by atoms with Crippen molar-refractivity contribution in [3.05, 3.63) is 11.3 Å². The van der Waals surface area contributed by atoms with E-state index in [1.54, 1.807) is 0 Å². The van der Waals surface area contributed by atoms with Crippen molar-refractivity contribution in [2.24, 2.45) is 18.9 Å². The predicted molar refractivity (Wildman–Crippen MR) is 73.9 cm³/mol. The molecule has 2 unspecified atom stereocenters. The van der Waals surface area contributed by atoms with E-state index in [4.69, 9.17) is 0 Å². The molecule has 2 aliphatic heterocycles. The summed E-state index contributed by atoms with van der Waals surface area (Å²) in [6, 6.07) is 2.32. The highest BCUT2D eigenvalue weighted by molar-refractivity contribution is 5.59. The number of nitriles is 1. The summed E-state index contributed by atoms with van der Waals surface area (Å²) in [4.78, 5) is 2.39. The number of nitrogens with one attached hydrogen (secondary N) is 1. The molecular formula is C14H21N5. The Morgan fingerprint density at radius 2 is 2.16 bits per heavy atom. The van der Waals surface area contributed by atoms with Crippen molar-refractivity contribution in [3.63, 3.8) is 0 Å². The van der Waals surface area contributed by atoms with E-state index in [0.29, 0.717) is 11.8 Å². The number of aromatic nitrogens is 2. The van der Waals surface area contributed by atoms with E-state index in [0.717, 1.165) is 36.7 Å². The molecule has 5 heteroatoms. The number of fused-ring (bicyclic) bond motifs is 1. The smallest absolute Gasteiger partial charge is 0.145 e. The Bertz CT molecular complexity index is 551. The van der Waals surface area contributed by atoms with Crippen LogP contribution in [-0.4, -0.2) is 35.0 Å². The summed E-state index contributed by atoms with van der Waals surface area (Å²) < 4.78 is 1.87. The molecule has 1 aromatic heterocycles. The van der Waals surface area contributed by atoms with E-state index in [1.165, 1.54) is 0 Å². The van der Waals surface area contributed by atoms with Crippen molar-refractivity contribution in [1.82, 2.24) is 15.1 Å². The topological polar surface area (TPSA) is 56.9 Å². The molecule has 102 valence electrons. The van der Waals surface area contributed by atoms with Gasteiger partial charge in [-0.3, -0.25) is 4.68 Å². The van der Waals surface area contributed by atoms with Crippen molar-refractivity contribution in [2.75, 3.05) is 24.5 Å². The zero-order valence-electron chi connectivity index (χ0n) is 12.1. The van der Waals surface area contributed by atoms with Crippen LogP contribution in [0.2, 0.25) is 0 Å². The van der Waals surface area contributed by atoms with Crippen LogP contribution in [0.4, 0.5) is 5.82 Å². The fourth-order valence-electron chi connectivity index (χ4n) is 3.87. The Morgan fingerprint density at radius 1 is 1.42 bits per heavy atom. The van der Waals surface area contributed by atoms with E-state index < -0.39 is 0 Å². The highest BCUT2D eigenvalue weighted by Gasteiger charge is 2.50. The molecule has 0 saturated carbocycles. The van der Waals surface area contributed by atoms with Gasteiger partial charge in [0.2, 0.25) is 0 Å². The van der Waals surface area contributed by atoms with Crippen molar-refractivity contribution in [1.29, 1.82) is 5.26 Å². The molecule has 0 bridgehead atoms. The molecule has 1 N–H and O–H groups in total. The van der Waals surface area contributed by atoms with Gasteiger partial charge in [0.05, 0.1) is 5.69 Å².